The monoisotopic (exact) mass is 247 g/mol. The molecule has 0 bridgehead atoms. The lowest BCUT2D eigenvalue weighted by molar-refractivity contribution is -0.143. The van der Waals surface area contributed by atoms with E-state index >= 15 is 0 Å². The van der Waals surface area contributed by atoms with Gasteiger partial charge in [0, 0.05) is 12.1 Å². The number of hydrogen-bond acceptors (Lipinski definition) is 3. The van der Waals surface area contributed by atoms with E-state index in [1.54, 1.807) is 0 Å². The number of ether oxygens (including phenoxy) is 1. The standard InChI is InChI=1S/C15H21NO2/c1-3-18-15(17)10-14(16-13-8-9-13)12-6-4-11(2)5-7-12/h4-7,13-14,16H,3,8-10H2,1-2H3/t14-/m1/s1. The molecule has 3 nitrogen and oxygen atoms in total. The third-order valence-corrected chi connectivity index (χ3v) is 3.17. The van der Waals surface area contributed by atoms with E-state index in [0.29, 0.717) is 19.1 Å². The Morgan fingerprint density at radius 1 is 1.39 bits per heavy atom. The van der Waals surface area contributed by atoms with E-state index in [1.165, 1.54) is 24.0 Å². The van der Waals surface area contributed by atoms with Crippen LogP contribution >= 0.6 is 0 Å². The summed E-state index contributed by atoms with van der Waals surface area (Å²) in [5.74, 6) is -0.128. The average Bonchev–Trinajstić information content (AvgIpc) is 3.13. The highest BCUT2D eigenvalue weighted by atomic mass is 16.5. The fourth-order valence-electron chi connectivity index (χ4n) is 1.99. The maximum Gasteiger partial charge on any atom is 0.307 e. The van der Waals surface area contributed by atoms with Crippen molar-refractivity contribution in [2.45, 2.75) is 45.2 Å². The molecule has 1 N–H and O–H groups in total. The first-order valence-electron chi connectivity index (χ1n) is 6.67. The maximum absolute atomic E-state index is 11.6. The number of aryl methyl sites for hydroxylation is 1. The number of benzene rings is 1. The largest absolute Gasteiger partial charge is 0.466 e. The summed E-state index contributed by atoms with van der Waals surface area (Å²) in [5.41, 5.74) is 2.40. The number of carbonyl (C=O) groups is 1. The van der Waals surface area contributed by atoms with Gasteiger partial charge in [-0.25, -0.2) is 0 Å². The van der Waals surface area contributed by atoms with Crippen LogP contribution in [-0.2, 0) is 9.53 Å². The van der Waals surface area contributed by atoms with Crippen molar-refractivity contribution < 1.29 is 9.53 Å². The van der Waals surface area contributed by atoms with E-state index in [9.17, 15) is 4.79 Å². The van der Waals surface area contributed by atoms with E-state index in [2.05, 4.69) is 36.5 Å². The maximum atomic E-state index is 11.6. The Balaban J connectivity index is 2.03. The van der Waals surface area contributed by atoms with Crippen LogP contribution in [-0.4, -0.2) is 18.6 Å². The van der Waals surface area contributed by atoms with Gasteiger partial charge < -0.3 is 10.1 Å². The molecular formula is C15H21NO2. The van der Waals surface area contributed by atoms with Crippen LogP contribution in [0.15, 0.2) is 24.3 Å². The number of hydrogen-bond donors (Lipinski definition) is 1. The van der Waals surface area contributed by atoms with Gasteiger partial charge in [0.15, 0.2) is 0 Å². The quantitative estimate of drug-likeness (QED) is 0.785. The van der Waals surface area contributed by atoms with Crippen LogP contribution in [0.25, 0.3) is 0 Å². The van der Waals surface area contributed by atoms with Crippen LogP contribution in [0.5, 0.6) is 0 Å². The Morgan fingerprint density at radius 3 is 2.61 bits per heavy atom. The molecule has 0 heterocycles. The zero-order valence-corrected chi connectivity index (χ0v) is 11.1. The molecule has 2 rings (SSSR count). The minimum absolute atomic E-state index is 0.0807. The van der Waals surface area contributed by atoms with Gasteiger partial charge in [-0.3, -0.25) is 4.79 Å². The van der Waals surface area contributed by atoms with E-state index in [1.807, 2.05) is 6.92 Å². The van der Waals surface area contributed by atoms with Gasteiger partial charge in [-0.2, -0.15) is 0 Å². The first-order chi connectivity index (χ1) is 8.69. The van der Waals surface area contributed by atoms with E-state index in [-0.39, 0.29) is 12.0 Å². The lowest BCUT2D eigenvalue weighted by atomic mass is 10.0. The number of rotatable bonds is 6. The van der Waals surface area contributed by atoms with Crippen LogP contribution in [0.3, 0.4) is 0 Å². The summed E-state index contributed by atoms with van der Waals surface area (Å²) in [6.45, 7) is 4.36. The lowest BCUT2D eigenvalue weighted by Crippen LogP contribution is -2.26. The number of carbonyl (C=O) groups excluding carboxylic acids is 1. The Kier molecular flexibility index (Phi) is 4.37. The van der Waals surface area contributed by atoms with Crippen molar-refractivity contribution in [3.63, 3.8) is 0 Å². The molecule has 0 aromatic heterocycles. The fourth-order valence-corrected chi connectivity index (χ4v) is 1.99. The van der Waals surface area contributed by atoms with Crippen LogP contribution in [0.1, 0.15) is 43.4 Å². The molecule has 18 heavy (non-hydrogen) atoms. The SMILES string of the molecule is CCOC(=O)C[C@@H](NC1CC1)c1ccc(C)cc1. The zero-order chi connectivity index (χ0) is 13.0. The highest BCUT2D eigenvalue weighted by Gasteiger charge is 2.26. The molecule has 3 heteroatoms. The molecule has 1 aliphatic carbocycles. The Hall–Kier alpha value is -1.35. The normalized spacial score (nSPS) is 16.3. The molecule has 98 valence electrons. The average molecular weight is 247 g/mol. The molecule has 0 radical (unpaired) electrons. The van der Waals surface area contributed by atoms with Crippen molar-refractivity contribution in [2.24, 2.45) is 0 Å². The minimum Gasteiger partial charge on any atom is -0.466 e. The second kappa shape index (κ2) is 6.01. The van der Waals surface area contributed by atoms with Crippen LogP contribution in [0, 0.1) is 6.92 Å². The predicted octanol–water partition coefficient (Wildman–Crippen LogP) is 2.74. The van der Waals surface area contributed by atoms with Crippen LogP contribution < -0.4 is 5.32 Å². The van der Waals surface area contributed by atoms with Crippen molar-refractivity contribution in [1.82, 2.24) is 5.32 Å². The summed E-state index contributed by atoms with van der Waals surface area (Å²) in [5, 5.41) is 3.52. The minimum atomic E-state index is -0.128. The van der Waals surface area contributed by atoms with Gasteiger partial charge in [0.25, 0.3) is 0 Å². The zero-order valence-electron chi connectivity index (χ0n) is 11.1. The van der Waals surface area contributed by atoms with Crippen molar-refractivity contribution in [3.8, 4) is 0 Å². The van der Waals surface area contributed by atoms with E-state index in [0.717, 1.165) is 0 Å². The number of esters is 1. The molecule has 1 aromatic carbocycles. The van der Waals surface area contributed by atoms with E-state index in [4.69, 9.17) is 4.74 Å². The predicted molar refractivity (Wildman–Crippen MR) is 71.3 cm³/mol. The molecule has 0 amide bonds. The van der Waals surface area contributed by atoms with Gasteiger partial charge >= 0.3 is 5.97 Å². The Labute approximate surface area is 109 Å². The van der Waals surface area contributed by atoms with Gasteiger partial charge in [0.05, 0.1) is 13.0 Å². The summed E-state index contributed by atoms with van der Waals surface area (Å²) in [6, 6.07) is 9.01. The van der Waals surface area contributed by atoms with Gasteiger partial charge in [-0.1, -0.05) is 29.8 Å². The number of nitrogens with one attached hydrogen (secondary N) is 1. The summed E-state index contributed by atoms with van der Waals surface area (Å²) in [6.07, 6.45) is 2.84. The highest BCUT2D eigenvalue weighted by Crippen LogP contribution is 2.26. The molecule has 1 aliphatic rings. The summed E-state index contributed by atoms with van der Waals surface area (Å²) < 4.78 is 5.04. The molecule has 1 atom stereocenters. The molecule has 0 saturated heterocycles. The lowest BCUT2D eigenvalue weighted by Gasteiger charge is -2.18. The van der Waals surface area contributed by atoms with Crippen molar-refractivity contribution >= 4 is 5.97 Å². The van der Waals surface area contributed by atoms with Crippen molar-refractivity contribution in [2.75, 3.05) is 6.61 Å². The first-order valence-corrected chi connectivity index (χ1v) is 6.67. The third-order valence-electron chi connectivity index (χ3n) is 3.17. The summed E-state index contributed by atoms with van der Waals surface area (Å²) in [7, 11) is 0. The fraction of sp³-hybridized carbons (Fsp3) is 0.533. The molecule has 0 unspecified atom stereocenters. The first kappa shape index (κ1) is 13.1. The molecule has 1 saturated carbocycles. The van der Waals surface area contributed by atoms with Gasteiger partial charge in [-0.15, -0.1) is 0 Å². The third kappa shape index (κ3) is 3.84. The summed E-state index contributed by atoms with van der Waals surface area (Å²) >= 11 is 0. The van der Waals surface area contributed by atoms with Crippen molar-refractivity contribution in [1.29, 1.82) is 0 Å². The molecule has 1 aromatic rings. The molecule has 1 fully saturated rings. The second-order valence-corrected chi connectivity index (χ2v) is 4.91. The topological polar surface area (TPSA) is 38.3 Å². The smallest absolute Gasteiger partial charge is 0.307 e. The van der Waals surface area contributed by atoms with E-state index < -0.39 is 0 Å². The van der Waals surface area contributed by atoms with Gasteiger partial charge in [-0.05, 0) is 32.3 Å². The molecular weight excluding hydrogens is 226 g/mol. The molecule has 0 aliphatic heterocycles. The van der Waals surface area contributed by atoms with Gasteiger partial charge in [0.1, 0.15) is 0 Å². The second-order valence-electron chi connectivity index (χ2n) is 4.91. The summed E-state index contributed by atoms with van der Waals surface area (Å²) in [4.78, 5) is 11.6. The van der Waals surface area contributed by atoms with Crippen molar-refractivity contribution in [3.05, 3.63) is 35.4 Å². The molecule has 0 spiro atoms. The van der Waals surface area contributed by atoms with Crippen LogP contribution in [0.2, 0.25) is 0 Å². The Bertz CT molecular complexity index is 395. The highest BCUT2D eigenvalue weighted by molar-refractivity contribution is 5.70. The van der Waals surface area contributed by atoms with Crippen LogP contribution in [0.4, 0.5) is 0 Å². The van der Waals surface area contributed by atoms with Gasteiger partial charge in [0.2, 0.25) is 0 Å². The Morgan fingerprint density at radius 2 is 2.06 bits per heavy atom.